The van der Waals surface area contributed by atoms with Gasteiger partial charge < -0.3 is 9.88 Å². The van der Waals surface area contributed by atoms with Crippen LogP contribution in [-0.2, 0) is 0 Å². The Bertz CT molecular complexity index is 505. The summed E-state index contributed by atoms with van der Waals surface area (Å²) in [7, 11) is 0. The molecule has 3 aliphatic heterocycles. The summed E-state index contributed by atoms with van der Waals surface area (Å²) in [6.45, 7) is 0. The molecular formula is C10H11N5. The Hall–Kier alpha value is -1.62. The number of nitrogens with zero attached hydrogens (tertiary/aromatic N) is 3. The van der Waals surface area contributed by atoms with E-state index in [2.05, 4.69) is 25.2 Å². The number of hydrogen-bond donors (Lipinski definition) is 2. The molecule has 0 aliphatic carbocycles. The number of H-pyrrole nitrogens is 1. The largest absolute Gasteiger partial charge is 0.346 e. The van der Waals surface area contributed by atoms with E-state index in [1.165, 1.54) is 12.8 Å². The van der Waals surface area contributed by atoms with Crippen molar-refractivity contribution in [3.05, 3.63) is 18.6 Å². The van der Waals surface area contributed by atoms with Crippen molar-refractivity contribution in [2.75, 3.05) is 4.90 Å². The average Bonchev–Trinajstić information content (AvgIpc) is 2.94. The van der Waals surface area contributed by atoms with Crippen molar-refractivity contribution in [1.29, 1.82) is 0 Å². The number of hydrogen-bond acceptors (Lipinski definition) is 4. The van der Waals surface area contributed by atoms with Crippen LogP contribution in [0.5, 0.6) is 0 Å². The molecule has 0 aromatic carbocycles. The Morgan fingerprint density at radius 2 is 2.13 bits per heavy atom. The molecule has 0 spiro atoms. The van der Waals surface area contributed by atoms with Crippen LogP contribution < -0.4 is 10.2 Å². The van der Waals surface area contributed by atoms with Gasteiger partial charge in [-0.05, 0) is 18.9 Å². The molecule has 3 saturated heterocycles. The molecule has 2 bridgehead atoms. The summed E-state index contributed by atoms with van der Waals surface area (Å²) in [5, 5.41) is 4.60. The van der Waals surface area contributed by atoms with Gasteiger partial charge in [-0.1, -0.05) is 0 Å². The Morgan fingerprint density at radius 1 is 1.27 bits per heavy atom. The van der Waals surface area contributed by atoms with Gasteiger partial charge >= 0.3 is 0 Å². The molecule has 2 aromatic heterocycles. The van der Waals surface area contributed by atoms with Crippen LogP contribution in [0, 0.1) is 0 Å². The van der Waals surface area contributed by atoms with Gasteiger partial charge in [-0.15, -0.1) is 0 Å². The van der Waals surface area contributed by atoms with E-state index in [9.17, 15) is 0 Å². The maximum atomic E-state index is 4.40. The van der Waals surface area contributed by atoms with Crippen molar-refractivity contribution in [3.63, 3.8) is 0 Å². The van der Waals surface area contributed by atoms with E-state index in [1.807, 2.05) is 12.3 Å². The van der Waals surface area contributed by atoms with Gasteiger partial charge in [0.15, 0.2) is 0 Å². The summed E-state index contributed by atoms with van der Waals surface area (Å²) in [4.78, 5) is 14.1. The number of fused-ring (bicyclic) bond motifs is 2. The summed E-state index contributed by atoms with van der Waals surface area (Å²) in [5.74, 6) is 1.06. The van der Waals surface area contributed by atoms with Gasteiger partial charge in [0, 0.05) is 6.20 Å². The van der Waals surface area contributed by atoms with Gasteiger partial charge in [0.25, 0.3) is 0 Å². The van der Waals surface area contributed by atoms with Crippen LogP contribution in [0.15, 0.2) is 18.6 Å². The molecule has 5 rings (SSSR count). The Morgan fingerprint density at radius 3 is 2.93 bits per heavy atom. The lowest BCUT2D eigenvalue weighted by molar-refractivity contribution is 0.367. The van der Waals surface area contributed by atoms with E-state index >= 15 is 0 Å². The molecule has 5 heterocycles. The van der Waals surface area contributed by atoms with Crippen LogP contribution >= 0.6 is 0 Å². The van der Waals surface area contributed by atoms with Crippen LogP contribution in [0.4, 0.5) is 5.82 Å². The molecule has 2 N–H and O–H groups in total. The first kappa shape index (κ1) is 7.64. The molecule has 2 unspecified atom stereocenters. The van der Waals surface area contributed by atoms with Crippen molar-refractivity contribution < 1.29 is 0 Å². The van der Waals surface area contributed by atoms with E-state index in [4.69, 9.17) is 0 Å². The first-order chi connectivity index (χ1) is 7.43. The van der Waals surface area contributed by atoms with Crippen LogP contribution in [0.25, 0.3) is 11.0 Å². The fourth-order valence-electron chi connectivity index (χ4n) is 2.64. The summed E-state index contributed by atoms with van der Waals surface area (Å²) < 4.78 is 0. The molecule has 0 amide bonds. The lowest BCUT2D eigenvalue weighted by Crippen LogP contribution is -2.63. The van der Waals surface area contributed by atoms with Crippen LogP contribution in [-0.4, -0.2) is 27.3 Å². The van der Waals surface area contributed by atoms with Gasteiger partial charge in [0.2, 0.25) is 0 Å². The van der Waals surface area contributed by atoms with Crippen LogP contribution in [0.2, 0.25) is 0 Å². The minimum absolute atomic E-state index is 0.489. The number of aromatic amines is 1. The summed E-state index contributed by atoms with van der Waals surface area (Å²) >= 11 is 0. The number of nitrogens with one attached hydrogen (secondary N) is 2. The van der Waals surface area contributed by atoms with Gasteiger partial charge in [0.05, 0.1) is 17.7 Å². The SMILES string of the molecule is c1nc(N2C3CCC2N3)c2cc[nH]c2n1. The van der Waals surface area contributed by atoms with Gasteiger partial charge in [-0.3, -0.25) is 5.32 Å². The maximum Gasteiger partial charge on any atom is 0.144 e. The van der Waals surface area contributed by atoms with Gasteiger partial charge in [0.1, 0.15) is 17.8 Å². The zero-order valence-corrected chi connectivity index (χ0v) is 8.14. The summed E-state index contributed by atoms with van der Waals surface area (Å²) in [5.41, 5.74) is 0.923. The fraction of sp³-hybridized carbons (Fsp3) is 0.400. The second-order valence-corrected chi connectivity index (χ2v) is 4.12. The monoisotopic (exact) mass is 201 g/mol. The highest BCUT2D eigenvalue weighted by molar-refractivity contribution is 5.88. The molecule has 5 nitrogen and oxygen atoms in total. The highest BCUT2D eigenvalue weighted by atomic mass is 15.5. The maximum absolute atomic E-state index is 4.40. The van der Waals surface area contributed by atoms with Crippen molar-refractivity contribution in [3.8, 4) is 0 Å². The zero-order chi connectivity index (χ0) is 9.83. The minimum atomic E-state index is 0.489. The second-order valence-electron chi connectivity index (χ2n) is 4.12. The Balaban J connectivity index is 1.90. The standard InChI is InChI=1S/C10H11N5/c1-2-8-14-7(1)15(8)10-6-3-4-11-9(6)12-5-13-10/h3-5,7-8,14H,1-2H2,(H,11,12,13). The van der Waals surface area contributed by atoms with E-state index in [0.29, 0.717) is 12.3 Å². The average molecular weight is 201 g/mol. The third-order valence-corrected chi connectivity index (χ3v) is 3.35. The predicted octanol–water partition coefficient (Wildman–Crippen LogP) is 0.813. The molecule has 3 aliphatic rings. The van der Waals surface area contributed by atoms with E-state index < -0.39 is 0 Å². The highest BCUT2D eigenvalue weighted by Crippen LogP contribution is 2.37. The van der Waals surface area contributed by atoms with Gasteiger partial charge in [-0.2, -0.15) is 0 Å². The van der Waals surface area contributed by atoms with E-state index in [-0.39, 0.29) is 0 Å². The van der Waals surface area contributed by atoms with E-state index in [0.717, 1.165) is 16.9 Å². The Labute approximate surface area is 86.5 Å². The van der Waals surface area contributed by atoms with Crippen molar-refractivity contribution in [2.24, 2.45) is 0 Å². The van der Waals surface area contributed by atoms with Crippen LogP contribution in [0.3, 0.4) is 0 Å². The second kappa shape index (κ2) is 2.49. The van der Waals surface area contributed by atoms with Crippen molar-refractivity contribution >= 4 is 16.9 Å². The van der Waals surface area contributed by atoms with E-state index in [1.54, 1.807) is 6.33 Å². The molecule has 0 radical (unpaired) electrons. The number of rotatable bonds is 1. The molecule has 15 heavy (non-hydrogen) atoms. The molecule has 0 saturated carbocycles. The zero-order valence-electron chi connectivity index (χ0n) is 8.14. The normalized spacial score (nSPS) is 28.4. The predicted molar refractivity (Wildman–Crippen MR) is 56.3 cm³/mol. The first-order valence-electron chi connectivity index (χ1n) is 5.26. The third kappa shape index (κ3) is 0.860. The molecule has 76 valence electrons. The van der Waals surface area contributed by atoms with Crippen molar-refractivity contribution in [1.82, 2.24) is 20.3 Å². The Kier molecular flexibility index (Phi) is 1.27. The lowest BCUT2D eigenvalue weighted by Gasteiger charge is -2.42. The molecule has 2 aromatic rings. The van der Waals surface area contributed by atoms with Crippen LogP contribution in [0.1, 0.15) is 12.8 Å². The lowest BCUT2D eigenvalue weighted by atomic mass is 10.3. The highest BCUT2D eigenvalue weighted by Gasteiger charge is 2.45. The minimum Gasteiger partial charge on any atom is -0.346 e. The number of anilines is 1. The topological polar surface area (TPSA) is 56.8 Å². The fourth-order valence-corrected chi connectivity index (χ4v) is 2.64. The third-order valence-electron chi connectivity index (χ3n) is 3.35. The van der Waals surface area contributed by atoms with Gasteiger partial charge in [-0.25, -0.2) is 9.97 Å². The number of aromatic nitrogens is 3. The van der Waals surface area contributed by atoms with Crippen molar-refractivity contribution in [2.45, 2.75) is 25.2 Å². The first-order valence-corrected chi connectivity index (χ1v) is 5.26. The molecular weight excluding hydrogens is 190 g/mol. The smallest absolute Gasteiger partial charge is 0.144 e. The molecule has 3 fully saturated rings. The molecule has 5 heteroatoms. The summed E-state index contributed by atoms with van der Waals surface area (Å²) in [6, 6.07) is 2.04. The summed E-state index contributed by atoms with van der Waals surface area (Å²) in [6.07, 6.45) is 6.97. The molecule has 2 atom stereocenters. The quantitative estimate of drug-likeness (QED) is 0.717.